The van der Waals surface area contributed by atoms with Crippen LogP contribution in [0.25, 0.3) is 0 Å². The molecule has 0 fully saturated rings. The quantitative estimate of drug-likeness (QED) is 0.748. The van der Waals surface area contributed by atoms with Gasteiger partial charge in [-0.3, -0.25) is 0 Å². The molecule has 0 aliphatic rings. The third-order valence-electron chi connectivity index (χ3n) is 2.44. The Bertz CT molecular complexity index is 512. The van der Waals surface area contributed by atoms with Crippen molar-refractivity contribution in [2.45, 2.75) is 13.1 Å². The van der Waals surface area contributed by atoms with Crippen molar-refractivity contribution in [3.8, 4) is 0 Å². The predicted molar refractivity (Wildman–Crippen MR) is 67.6 cm³/mol. The molecule has 0 saturated heterocycles. The van der Waals surface area contributed by atoms with Gasteiger partial charge >= 0.3 is 110 Å². The minimum absolute atomic E-state index is 0.0534. The normalized spacial score (nSPS) is 11.6. The standard InChI is InChI=1S/C14H11F3Se/c1-10-2-6-12(7-3-10)18-13-8-4-11(5-9-13)14(15,16)17/h2-9H,1H3. The Morgan fingerprint density at radius 2 is 1.22 bits per heavy atom. The van der Waals surface area contributed by atoms with Crippen LogP contribution in [0, 0.1) is 6.92 Å². The second-order valence-electron chi connectivity index (χ2n) is 3.94. The molecule has 0 amide bonds. The van der Waals surface area contributed by atoms with Crippen molar-refractivity contribution in [2.75, 3.05) is 0 Å². The van der Waals surface area contributed by atoms with Crippen LogP contribution in [0.5, 0.6) is 0 Å². The Morgan fingerprint density at radius 3 is 1.67 bits per heavy atom. The van der Waals surface area contributed by atoms with Crippen LogP contribution in [0.3, 0.4) is 0 Å². The molecule has 0 N–H and O–H groups in total. The van der Waals surface area contributed by atoms with Crippen molar-refractivity contribution in [2.24, 2.45) is 0 Å². The first-order valence-corrected chi connectivity index (χ1v) is 7.08. The Hall–Kier alpha value is -1.25. The molecule has 0 radical (unpaired) electrons. The molecule has 2 rings (SSSR count). The molecule has 0 nitrogen and oxygen atoms in total. The first-order valence-electron chi connectivity index (χ1n) is 5.37. The molecule has 0 atom stereocenters. The maximum atomic E-state index is 12.4. The Kier molecular flexibility index (Phi) is 3.79. The fourth-order valence-corrected chi connectivity index (χ4v) is 3.17. The second-order valence-corrected chi connectivity index (χ2v) is 6.34. The van der Waals surface area contributed by atoms with Crippen LogP contribution < -0.4 is 8.92 Å². The third kappa shape index (κ3) is 3.37. The van der Waals surface area contributed by atoms with E-state index in [1.165, 1.54) is 5.56 Å². The summed E-state index contributed by atoms with van der Waals surface area (Å²) in [6.07, 6.45) is -4.25. The number of alkyl halides is 3. The van der Waals surface area contributed by atoms with Gasteiger partial charge in [-0.25, -0.2) is 0 Å². The van der Waals surface area contributed by atoms with Gasteiger partial charge in [-0.1, -0.05) is 0 Å². The van der Waals surface area contributed by atoms with Gasteiger partial charge in [0.15, 0.2) is 0 Å². The fourth-order valence-electron chi connectivity index (χ4n) is 1.45. The zero-order valence-electron chi connectivity index (χ0n) is 9.66. The fraction of sp³-hybridized carbons (Fsp3) is 0.143. The van der Waals surface area contributed by atoms with Crippen LogP contribution in [0.2, 0.25) is 0 Å². The van der Waals surface area contributed by atoms with E-state index in [1.807, 2.05) is 31.2 Å². The van der Waals surface area contributed by atoms with Crippen molar-refractivity contribution in [3.63, 3.8) is 0 Å². The van der Waals surface area contributed by atoms with Gasteiger partial charge in [0.05, 0.1) is 0 Å². The minimum atomic E-state index is -4.25. The SMILES string of the molecule is Cc1ccc([Se]c2ccc(C(F)(F)F)cc2)cc1. The molecule has 18 heavy (non-hydrogen) atoms. The molecule has 0 heterocycles. The molecule has 0 spiro atoms. The summed E-state index contributed by atoms with van der Waals surface area (Å²) in [7, 11) is 0. The van der Waals surface area contributed by atoms with Crippen LogP contribution >= 0.6 is 0 Å². The van der Waals surface area contributed by atoms with Crippen molar-refractivity contribution < 1.29 is 13.2 Å². The topological polar surface area (TPSA) is 0 Å². The summed E-state index contributed by atoms with van der Waals surface area (Å²) in [6.45, 7) is 2.01. The van der Waals surface area contributed by atoms with E-state index in [0.717, 1.165) is 21.1 Å². The van der Waals surface area contributed by atoms with Crippen molar-refractivity contribution in [1.29, 1.82) is 0 Å². The van der Waals surface area contributed by atoms with Gasteiger partial charge in [0.1, 0.15) is 0 Å². The van der Waals surface area contributed by atoms with Crippen LogP contribution in [-0.2, 0) is 6.18 Å². The van der Waals surface area contributed by atoms with E-state index >= 15 is 0 Å². The molecule has 0 saturated carbocycles. The molecular formula is C14H11F3Se. The van der Waals surface area contributed by atoms with Gasteiger partial charge in [0.2, 0.25) is 0 Å². The monoisotopic (exact) mass is 316 g/mol. The van der Waals surface area contributed by atoms with Gasteiger partial charge in [-0.05, 0) is 0 Å². The Labute approximate surface area is 110 Å². The number of aryl methyl sites for hydroxylation is 1. The average Bonchev–Trinajstić information content (AvgIpc) is 2.32. The summed E-state index contributed by atoms with van der Waals surface area (Å²) in [5, 5.41) is 0. The van der Waals surface area contributed by atoms with E-state index in [2.05, 4.69) is 0 Å². The molecular weight excluding hydrogens is 304 g/mol. The molecule has 94 valence electrons. The second kappa shape index (κ2) is 5.17. The molecule has 0 aliphatic heterocycles. The number of hydrogen-bond acceptors (Lipinski definition) is 0. The summed E-state index contributed by atoms with van der Waals surface area (Å²) in [5.41, 5.74) is 0.591. The number of benzene rings is 2. The van der Waals surface area contributed by atoms with Crippen LogP contribution in [0.4, 0.5) is 13.2 Å². The van der Waals surface area contributed by atoms with Crippen molar-refractivity contribution >= 4 is 23.9 Å². The third-order valence-corrected chi connectivity index (χ3v) is 4.57. The van der Waals surface area contributed by atoms with E-state index in [-0.39, 0.29) is 15.0 Å². The Balaban J connectivity index is 2.13. The van der Waals surface area contributed by atoms with Crippen molar-refractivity contribution in [1.82, 2.24) is 0 Å². The summed E-state index contributed by atoms with van der Waals surface area (Å²) < 4.78 is 39.3. The molecule has 0 unspecified atom stereocenters. The average molecular weight is 315 g/mol. The summed E-state index contributed by atoms with van der Waals surface area (Å²) in [6, 6.07) is 13.5. The molecule has 0 aromatic heterocycles. The van der Waals surface area contributed by atoms with Gasteiger partial charge in [-0.2, -0.15) is 0 Å². The Morgan fingerprint density at radius 1 is 0.778 bits per heavy atom. The van der Waals surface area contributed by atoms with E-state index in [0.29, 0.717) is 0 Å². The summed E-state index contributed by atoms with van der Waals surface area (Å²) >= 11 is 0.0534. The first-order chi connectivity index (χ1) is 8.45. The molecule has 2 aromatic rings. The van der Waals surface area contributed by atoms with Crippen LogP contribution in [0.15, 0.2) is 48.5 Å². The van der Waals surface area contributed by atoms with E-state index < -0.39 is 11.7 Å². The van der Waals surface area contributed by atoms with Gasteiger partial charge < -0.3 is 0 Å². The zero-order chi connectivity index (χ0) is 13.2. The van der Waals surface area contributed by atoms with Crippen LogP contribution in [-0.4, -0.2) is 15.0 Å². The predicted octanol–water partition coefficient (Wildman–Crippen LogP) is 2.67. The number of halogens is 3. The zero-order valence-corrected chi connectivity index (χ0v) is 11.4. The molecule has 4 heteroatoms. The van der Waals surface area contributed by atoms with Gasteiger partial charge in [0.25, 0.3) is 0 Å². The number of rotatable bonds is 2. The van der Waals surface area contributed by atoms with E-state index in [4.69, 9.17) is 0 Å². The van der Waals surface area contributed by atoms with Gasteiger partial charge in [0, 0.05) is 0 Å². The van der Waals surface area contributed by atoms with Crippen molar-refractivity contribution in [3.05, 3.63) is 59.7 Å². The van der Waals surface area contributed by atoms with Crippen LogP contribution in [0.1, 0.15) is 11.1 Å². The molecule has 2 aromatic carbocycles. The number of hydrogen-bond donors (Lipinski definition) is 0. The molecule has 0 bridgehead atoms. The molecule has 0 aliphatic carbocycles. The van der Waals surface area contributed by atoms with E-state index in [9.17, 15) is 13.2 Å². The van der Waals surface area contributed by atoms with Gasteiger partial charge in [-0.15, -0.1) is 0 Å². The summed E-state index contributed by atoms with van der Waals surface area (Å²) in [4.78, 5) is 0. The first kappa shape index (κ1) is 13.2. The summed E-state index contributed by atoms with van der Waals surface area (Å²) in [5.74, 6) is 0. The maximum absolute atomic E-state index is 12.4. The van der Waals surface area contributed by atoms with E-state index in [1.54, 1.807) is 12.1 Å².